The van der Waals surface area contributed by atoms with Gasteiger partial charge in [-0.3, -0.25) is 10.1 Å². The van der Waals surface area contributed by atoms with E-state index in [0.717, 1.165) is 6.42 Å². The summed E-state index contributed by atoms with van der Waals surface area (Å²) in [5, 5.41) is 3.47. The van der Waals surface area contributed by atoms with Gasteiger partial charge < -0.3 is 4.90 Å². The number of amides is 1. The molecule has 0 aromatic rings. The Hall–Kier alpha value is -0.570. The highest BCUT2D eigenvalue weighted by atomic mass is 16.2. The van der Waals surface area contributed by atoms with Gasteiger partial charge in [0.1, 0.15) is 0 Å². The number of carbonyl (C=O) groups excluding carboxylic acids is 1. The monoisotopic (exact) mass is 240 g/mol. The topological polar surface area (TPSA) is 32.3 Å². The Labute approximate surface area is 106 Å². The van der Waals surface area contributed by atoms with E-state index in [9.17, 15) is 4.79 Å². The molecule has 1 saturated heterocycles. The van der Waals surface area contributed by atoms with Crippen LogP contribution in [0.4, 0.5) is 0 Å². The first kappa shape index (κ1) is 14.5. The summed E-state index contributed by atoms with van der Waals surface area (Å²) in [6.07, 6.45) is 1.17. The molecule has 1 aliphatic heterocycles. The molecule has 0 aromatic heterocycles. The van der Waals surface area contributed by atoms with Crippen molar-refractivity contribution in [2.45, 2.75) is 73.1 Å². The standard InChI is InChI=1S/C14H28N2O/c1-8-11-15-12(9(2)3)13(17)16(11)10(4)14(5,6)7/h9-12,15H,8H2,1-7H3. The maximum Gasteiger partial charge on any atom is 0.241 e. The van der Waals surface area contributed by atoms with Gasteiger partial charge in [-0.25, -0.2) is 0 Å². The van der Waals surface area contributed by atoms with Gasteiger partial charge >= 0.3 is 0 Å². The van der Waals surface area contributed by atoms with Gasteiger partial charge in [0.05, 0.1) is 12.2 Å². The Morgan fingerprint density at radius 3 is 2.18 bits per heavy atom. The van der Waals surface area contributed by atoms with Gasteiger partial charge in [-0.05, 0) is 24.7 Å². The van der Waals surface area contributed by atoms with E-state index in [1.807, 2.05) is 0 Å². The van der Waals surface area contributed by atoms with E-state index in [1.165, 1.54) is 0 Å². The Balaban J connectivity index is 2.93. The predicted molar refractivity (Wildman–Crippen MR) is 71.6 cm³/mol. The largest absolute Gasteiger partial charge is 0.323 e. The molecule has 0 aliphatic carbocycles. The lowest BCUT2D eigenvalue weighted by Gasteiger charge is -2.38. The number of nitrogens with zero attached hydrogens (tertiary/aromatic N) is 1. The van der Waals surface area contributed by atoms with Crippen molar-refractivity contribution in [3.63, 3.8) is 0 Å². The average Bonchev–Trinajstić information content (AvgIpc) is 2.52. The number of carbonyl (C=O) groups is 1. The molecule has 1 aliphatic rings. The molecule has 3 unspecified atom stereocenters. The molecular formula is C14H28N2O. The molecule has 100 valence electrons. The fraction of sp³-hybridized carbons (Fsp3) is 0.929. The molecule has 1 fully saturated rings. The third-order valence-corrected chi connectivity index (χ3v) is 3.95. The molecule has 0 saturated carbocycles. The maximum atomic E-state index is 12.5. The van der Waals surface area contributed by atoms with Crippen LogP contribution >= 0.6 is 0 Å². The van der Waals surface area contributed by atoms with E-state index in [0.29, 0.717) is 5.92 Å². The lowest BCUT2D eigenvalue weighted by Crippen LogP contribution is -2.48. The van der Waals surface area contributed by atoms with Crippen molar-refractivity contribution in [3.05, 3.63) is 0 Å². The van der Waals surface area contributed by atoms with Crippen molar-refractivity contribution in [3.8, 4) is 0 Å². The molecule has 1 rings (SSSR count). The molecule has 1 heterocycles. The van der Waals surface area contributed by atoms with Crippen LogP contribution in [0.5, 0.6) is 0 Å². The highest BCUT2D eigenvalue weighted by Gasteiger charge is 2.44. The van der Waals surface area contributed by atoms with E-state index in [-0.39, 0.29) is 29.6 Å². The van der Waals surface area contributed by atoms with Gasteiger partial charge in [0, 0.05) is 6.04 Å². The van der Waals surface area contributed by atoms with E-state index >= 15 is 0 Å². The molecule has 0 spiro atoms. The van der Waals surface area contributed by atoms with Crippen LogP contribution in [0.3, 0.4) is 0 Å². The quantitative estimate of drug-likeness (QED) is 0.822. The number of rotatable bonds is 3. The second-order valence-electron chi connectivity index (χ2n) is 6.60. The summed E-state index contributed by atoms with van der Waals surface area (Å²) in [7, 11) is 0. The van der Waals surface area contributed by atoms with Crippen molar-refractivity contribution >= 4 is 5.91 Å². The number of hydrogen-bond acceptors (Lipinski definition) is 2. The Morgan fingerprint density at radius 2 is 1.82 bits per heavy atom. The molecule has 0 bridgehead atoms. The third-order valence-electron chi connectivity index (χ3n) is 3.95. The van der Waals surface area contributed by atoms with Gasteiger partial charge in [-0.15, -0.1) is 0 Å². The first-order valence-electron chi connectivity index (χ1n) is 6.78. The summed E-state index contributed by atoms with van der Waals surface area (Å²) in [5.41, 5.74) is 0.122. The second kappa shape index (κ2) is 4.97. The van der Waals surface area contributed by atoms with E-state index in [1.54, 1.807) is 0 Å². The third kappa shape index (κ3) is 2.82. The van der Waals surface area contributed by atoms with Crippen LogP contribution in [0.15, 0.2) is 0 Å². The molecule has 1 N–H and O–H groups in total. The normalized spacial score (nSPS) is 28.0. The summed E-state index contributed by atoms with van der Waals surface area (Å²) >= 11 is 0. The van der Waals surface area contributed by atoms with Crippen LogP contribution in [0.25, 0.3) is 0 Å². The lowest BCUT2D eigenvalue weighted by molar-refractivity contribution is -0.134. The highest BCUT2D eigenvalue weighted by molar-refractivity contribution is 5.85. The van der Waals surface area contributed by atoms with E-state index < -0.39 is 0 Å². The SMILES string of the molecule is CCC1NC(C(C)C)C(=O)N1C(C)C(C)(C)C. The smallest absolute Gasteiger partial charge is 0.241 e. The van der Waals surface area contributed by atoms with Gasteiger partial charge in [-0.2, -0.15) is 0 Å². The van der Waals surface area contributed by atoms with Crippen molar-refractivity contribution in [2.24, 2.45) is 11.3 Å². The van der Waals surface area contributed by atoms with Crippen LogP contribution in [0.1, 0.15) is 54.9 Å². The first-order chi connectivity index (χ1) is 7.70. The molecule has 0 aromatic carbocycles. The Morgan fingerprint density at radius 1 is 1.29 bits per heavy atom. The minimum atomic E-state index is -0.00949. The molecule has 1 amide bonds. The van der Waals surface area contributed by atoms with Crippen LogP contribution in [0.2, 0.25) is 0 Å². The molecule has 3 heteroatoms. The van der Waals surface area contributed by atoms with E-state index in [2.05, 4.69) is 58.7 Å². The predicted octanol–water partition coefficient (Wildman–Crippen LogP) is 2.61. The van der Waals surface area contributed by atoms with Crippen molar-refractivity contribution < 1.29 is 4.79 Å². The van der Waals surface area contributed by atoms with Gasteiger partial charge in [-0.1, -0.05) is 41.5 Å². The zero-order valence-corrected chi connectivity index (χ0v) is 12.4. The highest BCUT2D eigenvalue weighted by Crippen LogP contribution is 2.30. The second-order valence-corrected chi connectivity index (χ2v) is 6.60. The van der Waals surface area contributed by atoms with Crippen LogP contribution < -0.4 is 5.32 Å². The van der Waals surface area contributed by atoms with Gasteiger partial charge in [0.25, 0.3) is 0 Å². The zero-order chi connectivity index (χ0) is 13.4. The van der Waals surface area contributed by atoms with Gasteiger partial charge in [0.15, 0.2) is 0 Å². The van der Waals surface area contributed by atoms with E-state index in [4.69, 9.17) is 0 Å². The maximum absolute atomic E-state index is 12.5. The number of nitrogens with one attached hydrogen (secondary N) is 1. The Kier molecular flexibility index (Phi) is 4.23. The van der Waals surface area contributed by atoms with Gasteiger partial charge in [0.2, 0.25) is 5.91 Å². The summed E-state index contributed by atoms with van der Waals surface area (Å²) in [4.78, 5) is 14.5. The van der Waals surface area contributed by atoms with Crippen molar-refractivity contribution in [1.29, 1.82) is 0 Å². The van der Waals surface area contributed by atoms with Crippen LogP contribution in [0, 0.1) is 11.3 Å². The first-order valence-corrected chi connectivity index (χ1v) is 6.78. The van der Waals surface area contributed by atoms with Crippen LogP contribution in [-0.2, 0) is 4.79 Å². The summed E-state index contributed by atoms with van der Waals surface area (Å²) in [5.74, 6) is 0.628. The minimum Gasteiger partial charge on any atom is -0.323 e. The summed E-state index contributed by atoms with van der Waals surface area (Å²) < 4.78 is 0. The molecule has 3 atom stereocenters. The summed E-state index contributed by atoms with van der Waals surface area (Å²) in [6.45, 7) is 15.1. The summed E-state index contributed by atoms with van der Waals surface area (Å²) in [6, 6.07) is 0.251. The Bertz CT molecular complexity index is 280. The van der Waals surface area contributed by atoms with Crippen molar-refractivity contribution in [2.75, 3.05) is 0 Å². The fourth-order valence-corrected chi connectivity index (χ4v) is 2.34. The zero-order valence-electron chi connectivity index (χ0n) is 12.4. The lowest BCUT2D eigenvalue weighted by atomic mass is 9.86. The molecular weight excluding hydrogens is 212 g/mol. The molecule has 17 heavy (non-hydrogen) atoms. The fourth-order valence-electron chi connectivity index (χ4n) is 2.34. The van der Waals surface area contributed by atoms with Crippen molar-refractivity contribution in [1.82, 2.24) is 10.2 Å². The number of hydrogen-bond donors (Lipinski definition) is 1. The molecule has 0 radical (unpaired) electrons. The minimum absolute atomic E-state index is 0.00949. The average molecular weight is 240 g/mol. The van der Waals surface area contributed by atoms with Crippen LogP contribution in [-0.4, -0.2) is 29.1 Å². The molecule has 3 nitrogen and oxygen atoms in total.